The third-order valence-electron chi connectivity index (χ3n) is 7.48. The summed E-state index contributed by atoms with van der Waals surface area (Å²) in [6.07, 6.45) is 9.74. The molecule has 0 fully saturated rings. The van der Waals surface area contributed by atoms with Crippen LogP contribution < -0.4 is 0 Å². The van der Waals surface area contributed by atoms with Gasteiger partial charge in [0.05, 0.1) is 11.4 Å². The fraction of sp³-hybridized carbons (Fsp3) is 0.714. The van der Waals surface area contributed by atoms with Gasteiger partial charge in [0.1, 0.15) is 11.4 Å². The minimum atomic E-state index is -0.201. The van der Waals surface area contributed by atoms with E-state index in [1.165, 1.54) is 25.7 Å². The third kappa shape index (κ3) is 5.27. The zero-order chi connectivity index (χ0) is 26.7. The van der Waals surface area contributed by atoms with Crippen LogP contribution in [0.25, 0.3) is 5.65 Å². The molecule has 4 heterocycles. The molecule has 2 unspecified atom stereocenters. The first-order valence-corrected chi connectivity index (χ1v) is 14.4. The first kappa shape index (κ1) is 27.2. The van der Waals surface area contributed by atoms with Gasteiger partial charge in [-0.2, -0.15) is 14.4 Å². The lowest BCUT2D eigenvalue weighted by molar-refractivity contribution is 0.522. The Morgan fingerprint density at radius 2 is 1.59 bits per heavy atom. The van der Waals surface area contributed by atoms with Crippen molar-refractivity contribution in [1.29, 1.82) is 0 Å². The van der Waals surface area contributed by atoms with Crippen molar-refractivity contribution >= 4 is 22.8 Å². The molecule has 2 atom stereocenters. The van der Waals surface area contributed by atoms with Gasteiger partial charge in [0, 0.05) is 17.3 Å². The number of rotatable bonds is 12. The van der Waals surface area contributed by atoms with Gasteiger partial charge in [-0.15, -0.1) is 15.3 Å². The van der Waals surface area contributed by atoms with Crippen LogP contribution in [0.1, 0.15) is 142 Å². The van der Waals surface area contributed by atoms with E-state index in [0.717, 1.165) is 78.0 Å². The molecule has 0 aromatic carbocycles. The zero-order valence-electron chi connectivity index (χ0n) is 24.1. The summed E-state index contributed by atoms with van der Waals surface area (Å²) in [5, 5.41) is 22.6. The van der Waals surface area contributed by atoms with E-state index < -0.39 is 0 Å². The van der Waals surface area contributed by atoms with Gasteiger partial charge < -0.3 is 0 Å². The van der Waals surface area contributed by atoms with E-state index in [1.807, 2.05) is 4.68 Å². The van der Waals surface area contributed by atoms with E-state index in [-0.39, 0.29) is 5.41 Å². The monoisotopic (exact) mass is 507 g/mol. The highest BCUT2D eigenvalue weighted by Crippen LogP contribution is 2.34. The number of nitrogens with one attached hydrogen (secondary N) is 1. The Hall–Kier alpha value is -2.84. The van der Waals surface area contributed by atoms with E-state index in [9.17, 15) is 0 Å². The Bertz CT molecular complexity index is 1260. The average molecular weight is 508 g/mol. The first-order valence-electron chi connectivity index (χ1n) is 14.4. The molecule has 0 saturated heterocycles. The SMILES string of the molecule is CCCCC(CC)c1nc2c(N=C3C(C(C)(C)C)=Nn4c3nnc4C(CC)CCCC)c(CC)[nH]n2n1. The van der Waals surface area contributed by atoms with Crippen molar-refractivity contribution in [2.24, 2.45) is 15.5 Å². The van der Waals surface area contributed by atoms with Crippen molar-refractivity contribution in [2.45, 2.75) is 125 Å². The van der Waals surface area contributed by atoms with Gasteiger partial charge in [0.25, 0.3) is 0 Å². The van der Waals surface area contributed by atoms with Crippen molar-refractivity contribution in [3.63, 3.8) is 0 Å². The summed E-state index contributed by atoms with van der Waals surface area (Å²) >= 11 is 0. The molecular formula is C28H45N9. The van der Waals surface area contributed by atoms with Crippen LogP contribution in [0.4, 0.5) is 5.69 Å². The minimum absolute atomic E-state index is 0.201. The highest BCUT2D eigenvalue weighted by atomic mass is 15.5. The van der Waals surface area contributed by atoms with Gasteiger partial charge >= 0.3 is 0 Å². The standard InChI is InChI=1S/C28H45N9/c1-9-14-16-18(11-3)24-30-26-21(20(13-5)33-37(26)35-24)29-22-23(28(6,7)8)34-36-25(31-32-27(22)36)19(12-4)17-15-10-2/h18-19,33H,9-17H2,1-8H3. The molecule has 0 amide bonds. The zero-order valence-corrected chi connectivity index (χ0v) is 24.1. The van der Waals surface area contributed by atoms with Gasteiger partial charge in [0.2, 0.25) is 11.5 Å². The number of hydrogen-bond acceptors (Lipinski definition) is 6. The van der Waals surface area contributed by atoms with Crippen LogP contribution in [0.3, 0.4) is 0 Å². The molecule has 1 aliphatic heterocycles. The molecule has 1 N–H and O–H groups in total. The maximum absolute atomic E-state index is 5.24. The van der Waals surface area contributed by atoms with Gasteiger partial charge in [-0.1, -0.05) is 81.1 Å². The summed E-state index contributed by atoms with van der Waals surface area (Å²) in [6, 6.07) is 0. The molecule has 37 heavy (non-hydrogen) atoms. The van der Waals surface area contributed by atoms with Crippen molar-refractivity contribution in [1.82, 2.24) is 34.7 Å². The molecule has 9 nitrogen and oxygen atoms in total. The van der Waals surface area contributed by atoms with Gasteiger partial charge in [-0.25, -0.2) is 9.98 Å². The highest BCUT2D eigenvalue weighted by molar-refractivity contribution is 6.50. The Morgan fingerprint density at radius 1 is 0.919 bits per heavy atom. The number of aryl methyl sites for hydroxylation is 1. The normalized spacial score (nSPS) is 16.5. The summed E-state index contributed by atoms with van der Waals surface area (Å²) in [5.74, 6) is 3.26. The van der Waals surface area contributed by atoms with Crippen LogP contribution in [0.5, 0.6) is 0 Å². The Kier molecular flexibility index (Phi) is 8.29. The highest BCUT2D eigenvalue weighted by Gasteiger charge is 2.37. The summed E-state index contributed by atoms with van der Waals surface area (Å²) in [4.78, 5) is 10.2. The molecule has 3 aromatic heterocycles. The minimum Gasteiger partial charge on any atom is -0.278 e. The van der Waals surface area contributed by atoms with Crippen molar-refractivity contribution in [3.8, 4) is 0 Å². The van der Waals surface area contributed by atoms with E-state index in [1.54, 1.807) is 4.63 Å². The van der Waals surface area contributed by atoms with Gasteiger partial charge in [-0.3, -0.25) is 5.10 Å². The average Bonchev–Trinajstić information content (AvgIpc) is 3.61. The van der Waals surface area contributed by atoms with E-state index in [0.29, 0.717) is 11.8 Å². The van der Waals surface area contributed by atoms with Crippen LogP contribution in [0.15, 0.2) is 10.1 Å². The Labute approximate surface area is 221 Å². The van der Waals surface area contributed by atoms with Crippen LogP contribution >= 0.6 is 0 Å². The number of fused-ring (bicyclic) bond motifs is 2. The molecule has 0 saturated carbocycles. The van der Waals surface area contributed by atoms with Crippen LogP contribution in [0, 0.1) is 5.41 Å². The first-order chi connectivity index (χ1) is 17.8. The Morgan fingerprint density at radius 3 is 2.19 bits per heavy atom. The predicted octanol–water partition coefficient (Wildman–Crippen LogP) is 6.96. The maximum atomic E-state index is 5.24. The fourth-order valence-corrected chi connectivity index (χ4v) is 5.11. The fourth-order valence-electron chi connectivity index (χ4n) is 5.11. The van der Waals surface area contributed by atoms with Crippen LogP contribution in [-0.4, -0.2) is 46.1 Å². The topological polar surface area (TPSA) is 101 Å². The molecule has 9 heteroatoms. The lowest BCUT2D eigenvalue weighted by atomic mass is 9.87. The predicted molar refractivity (Wildman–Crippen MR) is 150 cm³/mol. The van der Waals surface area contributed by atoms with E-state index >= 15 is 0 Å². The molecule has 1 aliphatic rings. The number of hydrogen-bond donors (Lipinski definition) is 1. The molecule has 4 rings (SSSR count). The lowest BCUT2D eigenvalue weighted by Gasteiger charge is -2.18. The number of aliphatic imine (C=N–C) groups is 1. The lowest BCUT2D eigenvalue weighted by Crippen LogP contribution is -2.27. The maximum Gasteiger partial charge on any atom is 0.205 e. The number of nitrogens with zero attached hydrogens (tertiary/aromatic N) is 8. The van der Waals surface area contributed by atoms with Crippen LogP contribution in [0.2, 0.25) is 0 Å². The summed E-state index contributed by atoms with van der Waals surface area (Å²) in [7, 11) is 0. The molecule has 3 aromatic rings. The summed E-state index contributed by atoms with van der Waals surface area (Å²) in [5.41, 5.74) is 4.13. The molecular weight excluding hydrogens is 462 g/mol. The number of H-pyrrole nitrogens is 1. The Balaban J connectivity index is 1.82. The molecule has 0 aliphatic carbocycles. The molecule has 0 radical (unpaired) electrons. The van der Waals surface area contributed by atoms with Crippen LogP contribution in [-0.2, 0) is 6.42 Å². The van der Waals surface area contributed by atoms with Gasteiger partial charge in [0.15, 0.2) is 11.6 Å². The van der Waals surface area contributed by atoms with Crippen molar-refractivity contribution < 1.29 is 0 Å². The van der Waals surface area contributed by atoms with Gasteiger partial charge in [-0.05, 0) is 32.1 Å². The second-order valence-electron chi connectivity index (χ2n) is 11.3. The third-order valence-corrected chi connectivity index (χ3v) is 7.48. The van der Waals surface area contributed by atoms with E-state index in [4.69, 9.17) is 20.2 Å². The van der Waals surface area contributed by atoms with E-state index in [2.05, 4.69) is 70.7 Å². The van der Waals surface area contributed by atoms with Crippen molar-refractivity contribution in [2.75, 3.05) is 0 Å². The second kappa shape index (κ2) is 11.3. The largest absolute Gasteiger partial charge is 0.278 e. The number of aromatic nitrogens is 7. The second-order valence-corrected chi connectivity index (χ2v) is 11.3. The molecule has 202 valence electrons. The summed E-state index contributed by atoms with van der Waals surface area (Å²) < 4.78 is 3.75. The number of unbranched alkanes of at least 4 members (excludes halogenated alkanes) is 2. The number of aromatic amines is 1. The van der Waals surface area contributed by atoms with Crippen molar-refractivity contribution in [3.05, 3.63) is 23.2 Å². The quantitative estimate of drug-likeness (QED) is 0.286. The molecule has 0 bridgehead atoms. The molecule has 0 spiro atoms. The summed E-state index contributed by atoms with van der Waals surface area (Å²) in [6.45, 7) is 17.6. The smallest absolute Gasteiger partial charge is 0.205 e.